The van der Waals surface area contributed by atoms with Gasteiger partial charge in [-0.1, -0.05) is 37.3 Å². The number of allylic oxidation sites excluding steroid dienone is 1. The molecule has 1 saturated heterocycles. The summed E-state index contributed by atoms with van der Waals surface area (Å²) >= 11 is 0. The first kappa shape index (κ1) is 19.2. The van der Waals surface area contributed by atoms with Crippen molar-refractivity contribution in [2.75, 3.05) is 20.3 Å². The van der Waals surface area contributed by atoms with Gasteiger partial charge in [-0.05, 0) is 30.0 Å². The maximum atomic E-state index is 12.8. The Bertz CT molecular complexity index is 980. The molecule has 0 radical (unpaired) electrons. The number of hydrogen-bond donors (Lipinski definition) is 2. The predicted molar refractivity (Wildman–Crippen MR) is 112 cm³/mol. The van der Waals surface area contributed by atoms with Gasteiger partial charge >= 0.3 is 0 Å². The van der Waals surface area contributed by atoms with Gasteiger partial charge in [0, 0.05) is 44.0 Å². The first-order valence-corrected chi connectivity index (χ1v) is 9.95. The van der Waals surface area contributed by atoms with E-state index in [2.05, 4.69) is 29.4 Å². The Kier molecular flexibility index (Phi) is 5.38. The third-order valence-corrected chi connectivity index (χ3v) is 5.71. The van der Waals surface area contributed by atoms with Crippen LogP contribution in [0.2, 0.25) is 0 Å². The second-order valence-corrected chi connectivity index (χ2v) is 7.61. The summed E-state index contributed by atoms with van der Waals surface area (Å²) in [4.78, 5) is 29.4. The lowest BCUT2D eigenvalue weighted by molar-refractivity contribution is 0.0694. The molecular formula is C23H25N3O3. The molecule has 3 heterocycles. The van der Waals surface area contributed by atoms with E-state index in [-0.39, 0.29) is 17.9 Å². The lowest BCUT2D eigenvalue weighted by Crippen LogP contribution is -2.39. The monoisotopic (exact) mass is 391 g/mol. The van der Waals surface area contributed by atoms with Crippen molar-refractivity contribution in [1.82, 2.24) is 15.2 Å². The maximum absolute atomic E-state index is 12.8. The number of H-pyrrole nitrogens is 1. The van der Waals surface area contributed by atoms with Crippen LogP contribution in [0.3, 0.4) is 0 Å². The number of hydrogen-bond acceptors (Lipinski definition) is 4. The zero-order chi connectivity index (χ0) is 20.4. The van der Waals surface area contributed by atoms with Gasteiger partial charge < -0.3 is 19.9 Å². The highest BCUT2D eigenvalue weighted by molar-refractivity contribution is 5.99. The van der Waals surface area contributed by atoms with E-state index in [1.54, 1.807) is 4.90 Å². The standard InChI is InChI=1S/C23H25N3O3/c1-15(16-6-4-3-5-7-16)19-13-26(2)21(14-27)22-18(19)12-20(25-22)23(28)24-17-8-10-29-11-9-17/h3-7,12-13,15,17,25H,8-11H2,1-2H3,(H,24,28). The van der Waals surface area contributed by atoms with E-state index in [9.17, 15) is 9.59 Å². The van der Waals surface area contributed by atoms with Gasteiger partial charge in [-0.2, -0.15) is 0 Å². The van der Waals surface area contributed by atoms with Crippen LogP contribution in [0, 0.1) is 0 Å². The fraction of sp³-hybridized carbons (Fsp3) is 0.348. The van der Waals surface area contributed by atoms with Gasteiger partial charge in [0.25, 0.3) is 5.91 Å². The van der Waals surface area contributed by atoms with E-state index in [4.69, 9.17) is 4.74 Å². The molecule has 2 aromatic rings. The molecule has 1 aromatic carbocycles. The minimum absolute atomic E-state index is 0.104. The molecule has 0 bridgehead atoms. The summed E-state index contributed by atoms with van der Waals surface area (Å²) in [5.74, 6) is 1.95. The minimum Gasteiger partial charge on any atom is -0.381 e. The van der Waals surface area contributed by atoms with Gasteiger partial charge in [0.1, 0.15) is 5.69 Å². The molecule has 0 aliphatic carbocycles. The molecule has 2 aliphatic heterocycles. The lowest BCUT2D eigenvalue weighted by atomic mass is 9.86. The number of aromatic amines is 1. The summed E-state index contributed by atoms with van der Waals surface area (Å²) in [6, 6.07) is 12.1. The first-order valence-electron chi connectivity index (χ1n) is 9.95. The number of benzene rings is 1. The number of ether oxygens (including phenoxy) is 1. The van der Waals surface area contributed by atoms with Crippen LogP contribution < -0.4 is 5.32 Å². The molecule has 6 heteroatoms. The number of carbonyl (C=O) groups excluding carboxylic acids is 2. The van der Waals surface area contributed by atoms with Gasteiger partial charge in [-0.25, -0.2) is 4.79 Å². The molecule has 4 rings (SSSR count). The number of carbonyl (C=O) groups is 1. The average molecular weight is 391 g/mol. The smallest absolute Gasteiger partial charge is 0.267 e. The highest BCUT2D eigenvalue weighted by Gasteiger charge is 2.29. The van der Waals surface area contributed by atoms with E-state index >= 15 is 0 Å². The first-order chi connectivity index (χ1) is 14.1. The number of nitrogens with one attached hydrogen (secondary N) is 2. The molecular weight excluding hydrogens is 366 g/mol. The summed E-state index contributed by atoms with van der Waals surface area (Å²) in [5.41, 5.74) is 4.58. The van der Waals surface area contributed by atoms with E-state index in [0.717, 1.165) is 24.0 Å². The van der Waals surface area contributed by atoms with Crippen molar-refractivity contribution >= 4 is 23.1 Å². The quantitative estimate of drug-likeness (QED) is 0.785. The molecule has 1 aromatic heterocycles. The number of fused-ring (bicyclic) bond motifs is 1. The third-order valence-electron chi connectivity index (χ3n) is 5.71. The molecule has 1 amide bonds. The molecule has 29 heavy (non-hydrogen) atoms. The summed E-state index contributed by atoms with van der Waals surface area (Å²) in [5, 5.41) is 3.07. The highest BCUT2D eigenvalue weighted by atomic mass is 16.5. The van der Waals surface area contributed by atoms with Gasteiger partial charge in [-0.3, -0.25) is 4.79 Å². The SMILES string of the molecule is CC(C1=CN(C)C(=C=O)c2[nH]c(C(=O)NC3CCOCC3)cc21)c1ccccc1. The van der Waals surface area contributed by atoms with Gasteiger partial charge in [0.05, 0.1) is 5.69 Å². The number of nitrogens with zero attached hydrogens (tertiary/aromatic N) is 1. The molecule has 2 aliphatic rings. The third kappa shape index (κ3) is 3.77. The summed E-state index contributed by atoms with van der Waals surface area (Å²) in [6.07, 6.45) is 3.57. The Labute approximate surface area is 170 Å². The summed E-state index contributed by atoms with van der Waals surface area (Å²) in [7, 11) is 1.82. The van der Waals surface area contributed by atoms with Crippen LogP contribution in [-0.4, -0.2) is 48.0 Å². The molecule has 1 fully saturated rings. The van der Waals surface area contributed by atoms with Crippen LogP contribution in [0.5, 0.6) is 0 Å². The fourth-order valence-electron chi connectivity index (χ4n) is 4.00. The predicted octanol–water partition coefficient (Wildman–Crippen LogP) is 3.19. The van der Waals surface area contributed by atoms with E-state index in [1.165, 1.54) is 5.56 Å². The Morgan fingerprint density at radius 3 is 2.69 bits per heavy atom. The number of amides is 1. The average Bonchev–Trinajstić information content (AvgIpc) is 3.19. The normalized spacial score (nSPS) is 17.9. The van der Waals surface area contributed by atoms with Crippen LogP contribution in [0.1, 0.15) is 53.0 Å². The van der Waals surface area contributed by atoms with Gasteiger partial charge in [0.15, 0.2) is 11.6 Å². The van der Waals surface area contributed by atoms with Crippen molar-refractivity contribution < 1.29 is 14.3 Å². The van der Waals surface area contributed by atoms with E-state index < -0.39 is 0 Å². The Morgan fingerprint density at radius 2 is 2.00 bits per heavy atom. The maximum Gasteiger partial charge on any atom is 0.267 e. The lowest BCUT2D eigenvalue weighted by Gasteiger charge is -2.27. The van der Waals surface area contributed by atoms with E-state index in [0.29, 0.717) is 30.3 Å². The van der Waals surface area contributed by atoms with Crippen molar-refractivity contribution in [3.05, 3.63) is 65.1 Å². The van der Waals surface area contributed by atoms with Crippen molar-refractivity contribution in [2.24, 2.45) is 0 Å². The van der Waals surface area contributed by atoms with Crippen LogP contribution in [0.25, 0.3) is 11.3 Å². The summed E-state index contributed by atoms with van der Waals surface area (Å²) in [6.45, 7) is 3.45. The molecule has 6 nitrogen and oxygen atoms in total. The zero-order valence-electron chi connectivity index (χ0n) is 16.7. The minimum atomic E-state index is -0.161. The van der Waals surface area contributed by atoms with Crippen molar-refractivity contribution in [1.29, 1.82) is 0 Å². The zero-order valence-corrected chi connectivity index (χ0v) is 16.7. The highest BCUT2D eigenvalue weighted by Crippen LogP contribution is 2.40. The van der Waals surface area contributed by atoms with Crippen LogP contribution >= 0.6 is 0 Å². The van der Waals surface area contributed by atoms with Gasteiger partial charge in [-0.15, -0.1) is 0 Å². The van der Waals surface area contributed by atoms with Crippen LogP contribution in [0.15, 0.2) is 42.6 Å². The van der Waals surface area contributed by atoms with Crippen molar-refractivity contribution in [2.45, 2.75) is 31.7 Å². The number of rotatable bonds is 4. The van der Waals surface area contributed by atoms with Gasteiger partial charge in [0.2, 0.25) is 0 Å². The Morgan fingerprint density at radius 1 is 1.28 bits per heavy atom. The summed E-state index contributed by atoms with van der Waals surface area (Å²) < 4.78 is 5.36. The fourth-order valence-corrected chi connectivity index (χ4v) is 4.00. The van der Waals surface area contributed by atoms with E-state index in [1.807, 2.05) is 43.5 Å². The largest absolute Gasteiger partial charge is 0.381 e. The molecule has 1 unspecified atom stereocenters. The second kappa shape index (κ2) is 8.11. The molecule has 1 atom stereocenters. The molecule has 0 spiro atoms. The second-order valence-electron chi connectivity index (χ2n) is 7.61. The number of aromatic nitrogens is 1. The van der Waals surface area contributed by atoms with Crippen molar-refractivity contribution in [3.8, 4) is 0 Å². The molecule has 2 N–H and O–H groups in total. The van der Waals surface area contributed by atoms with Crippen molar-refractivity contribution in [3.63, 3.8) is 0 Å². The molecule has 150 valence electrons. The topological polar surface area (TPSA) is 74.4 Å². The Balaban J connectivity index is 1.67. The Hall–Kier alpha value is -3.08. The molecule has 0 saturated carbocycles. The van der Waals surface area contributed by atoms with Crippen LogP contribution in [0.4, 0.5) is 0 Å². The van der Waals surface area contributed by atoms with Crippen LogP contribution in [-0.2, 0) is 9.53 Å².